The van der Waals surface area contributed by atoms with Crippen LogP contribution in [0, 0.1) is 17.3 Å². The van der Waals surface area contributed by atoms with Crippen LogP contribution in [0.1, 0.15) is 40.0 Å². The Bertz CT molecular complexity index is 278. The number of rotatable bonds is 4. The van der Waals surface area contributed by atoms with Crippen LogP contribution < -0.4 is 0 Å². The van der Waals surface area contributed by atoms with Crippen molar-refractivity contribution < 1.29 is 9.53 Å². The van der Waals surface area contributed by atoms with Crippen LogP contribution in [-0.4, -0.2) is 37.1 Å². The largest absolute Gasteiger partial charge is 0.466 e. The van der Waals surface area contributed by atoms with E-state index in [1.165, 1.54) is 25.9 Å². The zero-order chi connectivity index (χ0) is 12.5. The molecule has 2 aliphatic rings. The smallest absolute Gasteiger partial charge is 0.309 e. The van der Waals surface area contributed by atoms with Gasteiger partial charge in [-0.3, -0.25) is 4.79 Å². The number of nitrogens with zero attached hydrogens (tertiary/aromatic N) is 1. The molecule has 2 rings (SSSR count). The molecule has 0 aromatic rings. The Morgan fingerprint density at radius 3 is 2.59 bits per heavy atom. The van der Waals surface area contributed by atoms with E-state index in [4.69, 9.17) is 4.74 Å². The van der Waals surface area contributed by atoms with E-state index >= 15 is 0 Å². The summed E-state index contributed by atoms with van der Waals surface area (Å²) in [5.74, 6) is 0.787. The molecule has 0 aromatic heterocycles. The standard InChI is InChI=1S/C14H25NO2/c1-4-17-13(16)12-9-11(12)10-15-7-5-14(2,3)6-8-15/h11-12H,4-10H2,1-3H3. The highest BCUT2D eigenvalue weighted by molar-refractivity contribution is 5.75. The van der Waals surface area contributed by atoms with E-state index in [2.05, 4.69) is 18.7 Å². The van der Waals surface area contributed by atoms with E-state index in [1.807, 2.05) is 6.92 Å². The summed E-state index contributed by atoms with van der Waals surface area (Å²) in [6.45, 7) is 10.6. The van der Waals surface area contributed by atoms with Gasteiger partial charge in [0.1, 0.15) is 0 Å². The zero-order valence-corrected chi connectivity index (χ0v) is 11.4. The molecule has 3 heteroatoms. The third-order valence-electron chi connectivity index (χ3n) is 4.21. The lowest BCUT2D eigenvalue weighted by Crippen LogP contribution is -2.38. The molecule has 1 heterocycles. The molecule has 2 fully saturated rings. The first-order valence-corrected chi connectivity index (χ1v) is 6.91. The van der Waals surface area contributed by atoms with E-state index in [-0.39, 0.29) is 11.9 Å². The number of hydrogen-bond acceptors (Lipinski definition) is 3. The van der Waals surface area contributed by atoms with Gasteiger partial charge in [-0.1, -0.05) is 13.8 Å². The highest BCUT2D eigenvalue weighted by atomic mass is 16.5. The van der Waals surface area contributed by atoms with Crippen molar-refractivity contribution in [2.24, 2.45) is 17.3 Å². The van der Waals surface area contributed by atoms with Crippen LogP contribution in [-0.2, 0) is 9.53 Å². The fourth-order valence-electron chi connectivity index (χ4n) is 2.66. The van der Waals surface area contributed by atoms with Crippen molar-refractivity contribution in [2.45, 2.75) is 40.0 Å². The minimum atomic E-state index is 0.0230. The van der Waals surface area contributed by atoms with Gasteiger partial charge in [-0.2, -0.15) is 0 Å². The summed E-state index contributed by atoms with van der Waals surface area (Å²) in [5, 5.41) is 0. The third kappa shape index (κ3) is 3.44. The predicted octanol–water partition coefficient (Wildman–Crippen LogP) is 2.31. The Labute approximate surface area is 105 Å². The molecule has 1 saturated carbocycles. The van der Waals surface area contributed by atoms with Crippen LogP contribution in [0.5, 0.6) is 0 Å². The van der Waals surface area contributed by atoms with Crippen LogP contribution >= 0.6 is 0 Å². The van der Waals surface area contributed by atoms with Gasteiger partial charge in [-0.05, 0) is 50.6 Å². The molecule has 0 spiro atoms. The second-order valence-corrected chi connectivity index (χ2v) is 6.32. The SMILES string of the molecule is CCOC(=O)C1CC1CN1CCC(C)(C)CC1. The number of carbonyl (C=O) groups excluding carboxylic acids is 1. The molecule has 0 aromatic carbocycles. The Morgan fingerprint density at radius 1 is 1.35 bits per heavy atom. The molecule has 2 unspecified atom stereocenters. The van der Waals surface area contributed by atoms with E-state index in [0.717, 1.165) is 13.0 Å². The van der Waals surface area contributed by atoms with Crippen molar-refractivity contribution >= 4 is 5.97 Å². The summed E-state index contributed by atoms with van der Waals surface area (Å²) in [6.07, 6.45) is 3.60. The topological polar surface area (TPSA) is 29.5 Å². The maximum Gasteiger partial charge on any atom is 0.309 e. The summed E-state index contributed by atoms with van der Waals surface area (Å²) < 4.78 is 5.06. The Morgan fingerprint density at radius 2 is 2.00 bits per heavy atom. The number of piperidine rings is 1. The van der Waals surface area contributed by atoms with Gasteiger partial charge in [0.05, 0.1) is 12.5 Å². The fraction of sp³-hybridized carbons (Fsp3) is 0.929. The van der Waals surface area contributed by atoms with Gasteiger partial charge < -0.3 is 9.64 Å². The van der Waals surface area contributed by atoms with Crippen LogP contribution in [0.15, 0.2) is 0 Å². The van der Waals surface area contributed by atoms with Gasteiger partial charge >= 0.3 is 5.97 Å². The van der Waals surface area contributed by atoms with E-state index in [9.17, 15) is 4.79 Å². The molecule has 0 N–H and O–H groups in total. The van der Waals surface area contributed by atoms with Crippen molar-refractivity contribution in [3.8, 4) is 0 Å². The maximum atomic E-state index is 11.5. The van der Waals surface area contributed by atoms with Crippen molar-refractivity contribution in [3.63, 3.8) is 0 Å². The first-order chi connectivity index (χ1) is 8.02. The van der Waals surface area contributed by atoms with Crippen LogP contribution in [0.2, 0.25) is 0 Å². The summed E-state index contributed by atoms with van der Waals surface area (Å²) >= 11 is 0. The molecular formula is C14H25NO2. The van der Waals surface area contributed by atoms with E-state index < -0.39 is 0 Å². The summed E-state index contributed by atoms with van der Waals surface area (Å²) in [5.41, 5.74) is 0.514. The summed E-state index contributed by atoms with van der Waals surface area (Å²) in [4.78, 5) is 14.0. The zero-order valence-electron chi connectivity index (χ0n) is 11.4. The molecule has 3 nitrogen and oxygen atoms in total. The van der Waals surface area contributed by atoms with Gasteiger partial charge in [0.2, 0.25) is 0 Å². The number of hydrogen-bond donors (Lipinski definition) is 0. The molecule has 0 radical (unpaired) electrons. The number of esters is 1. The Hall–Kier alpha value is -0.570. The molecule has 0 amide bonds. The highest BCUT2D eigenvalue weighted by Gasteiger charge is 2.45. The minimum absolute atomic E-state index is 0.0230. The van der Waals surface area contributed by atoms with Crippen LogP contribution in [0.25, 0.3) is 0 Å². The number of likely N-dealkylation sites (tertiary alicyclic amines) is 1. The molecule has 98 valence electrons. The molecule has 17 heavy (non-hydrogen) atoms. The van der Waals surface area contributed by atoms with Gasteiger partial charge in [0.25, 0.3) is 0 Å². The average molecular weight is 239 g/mol. The summed E-state index contributed by atoms with van der Waals surface area (Å²) in [6, 6.07) is 0. The van der Waals surface area contributed by atoms with Crippen LogP contribution in [0.4, 0.5) is 0 Å². The Balaban J connectivity index is 1.69. The van der Waals surface area contributed by atoms with Gasteiger partial charge in [0, 0.05) is 6.54 Å². The molecule has 2 atom stereocenters. The second kappa shape index (κ2) is 4.97. The van der Waals surface area contributed by atoms with Crippen molar-refractivity contribution in [1.29, 1.82) is 0 Å². The lowest BCUT2D eigenvalue weighted by atomic mass is 9.82. The second-order valence-electron chi connectivity index (χ2n) is 6.32. The van der Waals surface area contributed by atoms with Gasteiger partial charge in [0.15, 0.2) is 0 Å². The highest BCUT2D eigenvalue weighted by Crippen LogP contribution is 2.41. The lowest BCUT2D eigenvalue weighted by Gasteiger charge is -2.37. The molecule has 1 saturated heterocycles. The monoisotopic (exact) mass is 239 g/mol. The maximum absolute atomic E-state index is 11.5. The van der Waals surface area contributed by atoms with E-state index in [1.54, 1.807) is 0 Å². The molecular weight excluding hydrogens is 214 g/mol. The molecule has 1 aliphatic carbocycles. The molecule has 1 aliphatic heterocycles. The minimum Gasteiger partial charge on any atom is -0.466 e. The number of ether oxygens (including phenoxy) is 1. The third-order valence-corrected chi connectivity index (χ3v) is 4.21. The van der Waals surface area contributed by atoms with E-state index in [0.29, 0.717) is 17.9 Å². The van der Waals surface area contributed by atoms with Crippen molar-refractivity contribution in [1.82, 2.24) is 4.90 Å². The first kappa shape index (κ1) is 12.9. The molecule has 0 bridgehead atoms. The Kier molecular flexibility index (Phi) is 3.76. The summed E-state index contributed by atoms with van der Waals surface area (Å²) in [7, 11) is 0. The van der Waals surface area contributed by atoms with Gasteiger partial charge in [-0.25, -0.2) is 0 Å². The number of carbonyl (C=O) groups is 1. The lowest BCUT2D eigenvalue weighted by molar-refractivity contribution is -0.145. The fourth-order valence-corrected chi connectivity index (χ4v) is 2.66. The average Bonchev–Trinajstić information content (AvgIpc) is 3.01. The normalized spacial score (nSPS) is 32.2. The van der Waals surface area contributed by atoms with Crippen molar-refractivity contribution in [3.05, 3.63) is 0 Å². The predicted molar refractivity (Wildman–Crippen MR) is 67.7 cm³/mol. The quantitative estimate of drug-likeness (QED) is 0.705. The first-order valence-electron chi connectivity index (χ1n) is 6.91. The van der Waals surface area contributed by atoms with Crippen molar-refractivity contribution in [2.75, 3.05) is 26.2 Å². The van der Waals surface area contributed by atoms with Gasteiger partial charge in [-0.15, -0.1) is 0 Å². The van der Waals surface area contributed by atoms with Crippen LogP contribution in [0.3, 0.4) is 0 Å².